The Bertz CT molecular complexity index is 961. The largest absolute Gasteiger partial charge is 0.494 e. The maximum atomic E-state index is 12.3. The Morgan fingerprint density at radius 1 is 1.28 bits per heavy atom. The van der Waals surface area contributed by atoms with E-state index in [0.717, 1.165) is 17.5 Å². The van der Waals surface area contributed by atoms with E-state index in [2.05, 4.69) is 15.6 Å². The standard InChI is InChI=1S/C19H18N4O5S/c1-2-28-13-9-7-12(8-10-13)20-19-22-18(25)16(29-19)11-17(24)21-14-5-3-4-6-15(14)23(26)27/h3-10,16H,2,11H2,1H3,(H,21,24)(H,20,22,25)/t16-/m1/s1. The van der Waals surface area contributed by atoms with Gasteiger partial charge in [0.15, 0.2) is 5.17 Å². The Morgan fingerprint density at radius 3 is 2.69 bits per heavy atom. The topological polar surface area (TPSA) is 123 Å². The van der Waals surface area contributed by atoms with Gasteiger partial charge in [-0.15, -0.1) is 0 Å². The summed E-state index contributed by atoms with van der Waals surface area (Å²) in [7, 11) is 0. The number of ether oxygens (including phenoxy) is 1. The molecular weight excluding hydrogens is 396 g/mol. The van der Waals surface area contributed by atoms with Gasteiger partial charge in [0, 0.05) is 12.5 Å². The zero-order valence-electron chi connectivity index (χ0n) is 15.5. The summed E-state index contributed by atoms with van der Waals surface area (Å²) in [4.78, 5) is 39.2. The van der Waals surface area contributed by atoms with Crippen LogP contribution in [-0.2, 0) is 9.59 Å². The van der Waals surface area contributed by atoms with E-state index < -0.39 is 16.1 Å². The molecular formula is C19H18N4O5S. The minimum absolute atomic E-state index is 0.0918. The Kier molecular flexibility index (Phi) is 6.45. The van der Waals surface area contributed by atoms with Crippen molar-refractivity contribution in [2.24, 2.45) is 4.99 Å². The maximum absolute atomic E-state index is 12.3. The Morgan fingerprint density at radius 2 is 2.00 bits per heavy atom. The second kappa shape index (κ2) is 9.20. The average molecular weight is 414 g/mol. The van der Waals surface area contributed by atoms with Crippen molar-refractivity contribution in [3.63, 3.8) is 0 Å². The number of benzene rings is 2. The van der Waals surface area contributed by atoms with E-state index in [1.807, 2.05) is 6.92 Å². The maximum Gasteiger partial charge on any atom is 0.292 e. The summed E-state index contributed by atoms with van der Waals surface area (Å²) in [5.74, 6) is -0.101. The fourth-order valence-electron chi connectivity index (χ4n) is 2.60. The highest BCUT2D eigenvalue weighted by Crippen LogP contribution is 2.28. The number of anilines is 1. The molecule has 1 saturated heterocycles. The summed E-state index contributed by atoms with van der Waals surface area (Å²) in [5.41, 5.74) is 0.526. The number of amidine groups is 1. The molecule has 10 heteroatoms. The molecule has 1 heterocycles. The Hall–Kier alpha value is -3.40. The van der Waals surface area contributed by atoms with Crippen LogP contribution >= 0.6 is 11.8 Å². The number of nitro benzene ring substituents is 1. The third kappa shape index (κ3) is 5.32. The molecule has 2 N–H and O–H groups in total. The van der Waals surface area contributed by atoms with Crippen molar-refractivity contribution in [2.75, 3.05) is 11.9 Å². The number of thioether (sulfide) groups is 1. The summed E-state index contributed by atoms with van der Waals surface area (Å²) in [5, 5.41) is 15.9. The van der Waals surface area contributed by atoms with Crippen LogP contribution in [0.3, 0.4) is 0 Å². The van der Waals surface area contributed by atoms with Crippen molar-refractivity contribution < 1.29 is 19.2 Å². The minimum atomic E-state index is -0.667. The molecule has 1 aliphatic heterocycles. The van der Waals surface area contributed by atoms with Crippen LogP contribution in [0.5, 0.6) is 5.75 Å². The molecule has 3 rings (SSSR count). The summed E-state index contributed by atoms with van der Waals surface area (Å²) >= 11 is 1.14. The fraction of sp³-hybridized carbons (Fsp3) is 0.211. The van der Waals surface area contributed by atoms with Gasteiger partial charge < -0.3 is 15.4 Å². The third-order valence-corrected chi connectivity index (χ3v) is 4.98. The molecule has 0 unspecified atom stereocenters. The van der Waals surface area contributed by atoms with Crippen LogP contribution in [0, 0.1) is 10.1 Å². The molecule has 0 saturated carbocycles. The van der Waals surface area contributed by atoms with E-state index in [0.29, 0.717) is 17.5 Å². The summed E-state index contributed by atoms with van der Waals surface area (Å²) in [6.07, 6.45) is -0.134. The SMILES string of the molecule is CCOc1ccc(N=C2NC(=O)[C@@H](CC(=O)Nc3ccccc3[N+](=O)[O-])S2)cc1. The van der Waals surface area contributed by atoms with Crippen molar-refractivity contribution >= 4 is 45.8 Å². The van der Waals surface area contributed by atoms with Gasteiger partial charge in [0.1, 0.15) is 16.7 Å². The number of nitro groups is 1. The number of aliphatic imine (C=N–C) groups is 1. The normalized spacial score (nSPS) is 17.1. The number of carbonyl (C=O) groups excluding carboxylic acids is 2. The van der Waals surface area contributed by atoms with E-state index in [1.54, 1.807) is 30.3 Å². The van der Waals surface area contributed by atoms with E-state index in [9.17, 15) is 19.7 Å². The first-order valence-corrected chi connectivity index (χ1v) is 9.66. The Labute approximate surface area is 170 Å². The number of nitrogens with one attached hydrogen (secondary N) is 2. The van der Waals surface area contributed by atoms with Gasteiger partial charge in [-0.2, -0.15) is 0 Å². The van der Waals surface area contributed by atoms with Gasteiger partial charge in [0.05, 0.1) is 17.2 Å². The highest BCUT2D eigenvalue weighted by atomic mass is 32.2. The third-order valence-electron chi connectivity index (χ3n) is 3.90. The van der Waals surface area contributed by atoms with Crippen molar-refractivity contribution in [1.29, 1.82) is 0 Å². The number of rotatable bonds is 7. The van der Waals surface area contributed by atoms with Crippen LogP contribution < -0.4 is 15.4 Å². The predicted molar refractivity (Wildman–Crippen MR) is 111 cm³/mol. The highest BCUT2D eigenvalue weighted by molar-refractivity contribution is 8.15. The zero-order valence-corrected chi connectivity index (χ0v) is 16.3. The molecule has 0 aliphatic carbocycles. The molecule has 1 fully saturated rings. The van der Waals surface area contributed by atoms with Gasteiger partial charge in [-0.3, -0.25) is 19.7 Å². The van der Waals surface area contributed by atoms with Crippen LogP contribution in [0.4, 0.5) is 17.1 Å². The lowest BCUT2D eigenvalue weighted by molar-refractivity contribution is -0.383. The van der Waals surface area contributed by atoms with Gasteiger partial charge in [-0.25, -0.2) is 4.99 Å². The molecule has 9 nitrogen and oxygen atoms in total. The molecule has 0 aromatic heterocycles. The van der Waals surface area contributed by atoms with Crippen molar-refractivity contribution in [3.05, 3.63) is 58.6 Å². The first-order chi connectivity index (χ1) is 14.0. The van der Waals surface area contributed by atoms with Crippen LogP contribution in [0.1, 0.15) is 13.3 Å². The van der Waals surface area contributed by atoms with Crippen LogP contribution in [0.25, 0.3) is 0 Å². The fourth-order valence-corrected chi connectivity index (χ4v) is 3.59. The Balaban J connectivity index is 1.62. The molecule has 29 heavy (non-hydrogen) atoms. The summed E-state index contributed by atoms with van der Waals surface area (Å²) in [6, 6.07) is 12.9. The van der Waals surface area contributed by atoms with Crippen molar-refractivity contribution in [2.45, 2.75) is 18.6 Å². The molecule has 1 atom stereocenters. The summed E-state index contributed by atoms with van der Waals surface area (Å²) in [6.45, 7) is 2.46. The molecule has 1 aliphatic rings. The summed E-state index contributed by atoms with van der Waals surface area (Å²) < 4.78 is 5.37. The molecule has 0 radical (unpaired) electrons. The zero-order chi connectivity index (χ0) is 20.8. The molecule has 0 bridgehead atoms. The lowest BCUT2D eigenvalue weighted by Crippen LogP contribution is -2.28. The number of para-hydroxylation sites is 2. The van der Waals surface area contributed by atoms with Gasteiger partial charge in [0.2, 0.25) is 11.8 Å². The van der Waals surface area contributed by atoms with Gasteiger partial charge in [-0.1, -0.05) is 23.9 Å². The average Bonchev–Trinajstić information content (AvgIpc) is 3.02. The first-order valence-electron chi connectivity index (χ1n) is 8.78. The number of nitrogens with zero attached hydrogens (tertiary/aromatic N) is 2. The molecule has 2 amide bonds. The lowest BCUT2D eigenvalue weighted by Gasteiger charge is -2.07. The van der Waals surface area contributed by atoms with Crippen molar-refractivity contribution in [3.8, 4) is 5.75 Å². The van der Waals surface area contributed by atoms with E-state index in [-0.39, 0.29) is 23.7 Å². The van der Waals surface area contributed by atoms with Crippen LogP contribution in [0.2, 0.25) is 0 Å². The number of amides is 2. The molecule has 2 aromatic carbocycles. The molecule has 150 valence electrons. The van der Waals surface area contributed by atoms with E-state index in [1.165, 1.54) is 18.2 Å². The molecule has 0 spiro atoms. The van der Waals surface area contributed by atoms with E-state index >= 15 is 0 Å². The molecule has 2 aromatic rings. The van der Waals surface area contributed by atoms with Crippen LogP contribution in [-0.4, -0.2) is 33.8 Å². The number of hydrogen-bond donors (Lipinski definition) is 2. The van der Waals surface area contributed by atoms with Crippen molar-refractivity contribution in [1.82, 2.24) is 5.32 Å². The number of hydrogen-bond acceptors (Lipinski definition) is 7. The number of carbonyl (C=O) groups is 2. The smallest absolute Gasteiger partial charge is 0.292 e. The lowest BCUT2D eigenvalue weighted by atomic mass is 10.2. The quantitative estimate of drug-likeness (QED) is 0.530. The van der Waals surface area contributed by atoms with E-state index in [4.69, 9.17) is 4.74 Å². The minimum Gasteiger partial charge on any atom is -0.494 e. The van der Waals surface area contributed by atoms with Gasteiger partial charge >= 0.3 is 0 Å². The second-order valence-corrected chi connectivity index (χ2v) is 7.16. The van der Waals surface area contributed by atoms with Gasteiger partial charge in [0.25, 0.3) is 5.69 Å². The monoisotopic (exact) mass is 414 g/mol. The van der Waals surface area contributed by atoms with Gasteiger partial charge in [-0.05, 0) is 37.3 Å². The highest BCUT2D eigenvalue weighted by Gasteiger charge is 2.32. The van der Waals surface area contributed by atoms with Crippen LogP contribution in [0.15, 0.2) is 53.5 Å². The first kappa shape index (κ1) is 20.3. The second-order valence-electron chi connectivity index (χ2n) is 5.97. The predicted octanol–water partition coefficient (Wildman–Crippen LogP) is 3.24.